The molecule has 0 bridgehead atoms. The number of unbranched alkanes of at least 4 members (excludes halogenated alkanes) is 1. The molecule has 0 saturated carbocycles. The molecular weight excluding hydrogens is 1740 g/mol. The topological polar surface area (TPSA) is 394 Å². The monoisotopic (exact) mass is 1840 g/mol. The predicted octanol–water partition coefficient (Wildman–Crippen LogP) is 18.7. The van der Waals surface area contributed by atoms with Crippen LogP contribution in [0.1, 0.15) is 19.8 Å². The minimum atomic E-state index is -0.975. The molecule has 38 heteroatoms. The van der Waals surface area contributed by atoms with E-state index in [0.29, 0.717) is 63.4 Å². The molecule has 0 saturated heterocycles. The van der Waals surface area contributed by atoms with Crippen LogP contribution in [0.15, 0.2) is 220 Å². The smallest absolute Gasteiger partial charge is 0.307 e. The summed E-state index contributed by atoms with van der Waals surface area (Å²) in [5, 5.41) is 47.6. The second-order valence-corrected chi connectivity index (χ2v) is 32.1. The average Bonchev–Trinajstić information content (AvgIpc) is 1.46. The highest BCUT2D eigenvalue weighted by molar-refractivity contribution is 6.29. The van der Waals surface area contributed by atoms with Crippen LogP contribution in [-0.4, -0.2) is 205 Å². The molecule has 0 aliphatic rings. The number of aryl methyl sites for hydroxylation is 4. The maximum atomic E-state index is 13.9. The summed E-state index contributed by atoms with van der Waals surface area (Å²) in [5.74, 6) is 1.01. The molecule has 0 radical (unpaired) electrons. The van der Waals surface area contributed by atoms with Crippen molar-refractivity contribution in [2.45, 2.75) is 19.8 Å². The van der Waals surface area contributed by atoms with Crippen LogP contribution in [0.5, 0.6) is 23.0 Å². The third-order valence-corrected chi connectivity index (χ3v) is 21.7. The van der Waals surface area contributed by atoms with E-state index in [4.69, 9.17) is 37.3 Å². The molecular formula is C96H108ClF2N25O10. The van der Waals surface area contributed by atoms with E-state index < -0.39 is 32.9 Å². The van der Waals surface area contributed by atoms with Crippen LogP contribution < -0.4 is 56.2 Å². The number of para-hydroxylation sites is 4. The highest BCUT2D eigenvalue weighted by Crippen LogP contribution is 2.43. The summed E-state index contributed by atoms with van der Waals surface area (Å²) < 4.78 is 56.1. The van der Waals surface area contributed by atoms with Crippen LogP contribution in [0.25, 0.3) is 88.6 Å². The number of nitrogen functional groups attached to an aromatic ring is 2. The Kier molecular flexibility index (Phi) is 33.7. The largest absolute Gasteiger partial charge is 0.494 e. The van der Waals surface area contributed by atoms with Crippen LogP contribution >= 0.6 is 11.6 Å². The van der Waals surface area contributed by atoms with Crippen LogP contribution in [0.2, 0.25) is 5.15 Å². The Bertz CT molecular complexity index is 6810. The molecule has 0 amide bonds. The Balaban J connectivity index is 0.000000163. The first-order valence-corrected chi connectivity index (χ1v) is 42.5. The molecule has 0 fully saturated rings. The van der Waals surface area contributed by atoms with E-state index in [1.807, 2.05) is 168 Å². The van der Waals surface area contributed by atoms with E-state index in [2.05, 4.69) is 173 Å². The van der Waals surface area contributed by atoms with Gasteiger partial charge in [0.05, 0.1) is 100 Å². The highest BCUT2D eigenvalue weighted by atomic mass is 35.5. The minimum Gasteiger partial charge on any atom is -0.494 e. The van der Waals surface area contributed by atoms with Gasteiger partial charge in [-0.2, -0.15) is 8.78 Å². The number of anilines is 10. The van der Waals surface area contributed by atoms with Gasteiger partial charge in [-0.15, -0.1) is 0 Å². The van der Waals surface area contributed by atoms with E-state index in [-0.39, 0.29) is 33.5 Å². The lowest BCUT2D eigenvalue weighted by atomic mass is 10.1. The van der Waals surface area contributed by atoms with Crippen LogP contribution in [-0.2, 0) is 28.2 Å². The van der Waals surface area contributed by atoms with E-state index >= 15 is 0 Å². The summed E-state index contributed by atoms with van der Waals surface area (Å²) in [5.41, 5.74) is 25.6. The Morgan fingerprint density at radius 3 is 1.04 bits per heavy atom. The molecule has 8 heterocycles. The zero-order valence-corrected chi connectivity index (χ0v) is 78.3. The number of hydrogen-bond acceptors (Lipinski definition) is 28. The van der Waals surface area contributed by atoms with Gasteiger partial charge in [0.15, 0.2) is 0 Å². The number of nitro benzene ring substituents is 3. The number of benzene rings is 8. The number of nitrogens with one attached hydrogen (secondary N) is 3. The van der Waals surface area contributed by atoms with Crippen molar-refractivity contribution < 1.29 is 42.5 Å². The molecule has 35 nitrogen and oxygen atoms in total. The maximum absolute atomic E-state index is 13.9. The molecule has 0 unspecified atom stereocenters. The normalized spacial score (nSPS) is 10.9. The van der Waals surface area contributed by atoms with Crippen molar-refractivity contribution >= 4 is 130 Å². The third-order valence-electron chi connectivity index (χ3n) is 21.5. The summed E-state index contributed by atoms with van der Waals surface area (Å²) in [7, 11) is 30.0. The van der Waals surface area contributed by atoms with Crippen molar-refractivity contribution in [2.75, 3.05) is 155 Å². The predicted molar refractivity (Wildman–Crippen MR) is 528 cm³/mol. The van der Waals surface area contributed by atoms with Crippen molar-refractivity contribution in [1.29, 1.82) is 0 Å². The lowest BCUT2D eigenvalue weighted by molar-refractivity contribution is -0.387. The minimum absolute atomic E-state index is 0.0158. The Morgan fingerprint density at radius 2 is 0.694 bits per heavy atom. The fourth-order valence-electron chi connectivity index (χ4n) is 14.5. The number of nitrogens with two attached hydrogens (primary N) is 2. The molecule has 16 aromatic rings. The third kappa shape index (κ3) is 24.7. The molecule has 0 spiro atoms. The van der Waals surface area contributed by atoms with Gasteiger partial charge in [-0.3, -0.25) is 30.3 Å². The molecule has 698 valence electrons. The molecule has 7 N–H and O–H groups in total. The van der Waals surface area contributed by atoms with E-state index in [0.717, 1.165) is 127 Å². The number of nitro groups is 3. The van der Waals surface area contributed by atoms with Gasteiger partial charge in [0, 0.05) is 226 Å². The molecule has 0 aliphatic carbocycles. The molecule has 0 atom stereocenters. The standard InChI is InChI=1S/C25H29N7O3.C25H31N7O.C20H16FN5O3.C13H10ClN3.C7H7FN2O3.C6H15N/c1-29(2)10-11-30(3)22-14-24(35-5)20(12-23(22)32(33)34)28-25-13-19(26-16-27-25)18-15-31(4)21-9-7-6-8-17(18)21;1-30(2)10-11-31(3)23-14-24(33-5)21(12-19(23)26)29-25-13-20(27-16-28-25)18-15-32(4)22-9-7-6-8-17(18)22;1-25-10-13(12-5-3-4-6-17(12)25)15-9-20(23-11-22-15)24-16-8-18(26(27)28)14(21)7-19(16)29-2;1-17-7-10(9-4-2-3-5-12(9)17)11-6-13(14)16-8-15-11;1-13-7-2-4(8)6(10(11)12)3-5(7)9;1-4-5-6-7(2)3/h6-9,12-16H,10-11H2,1-5H3,(H,26,27,28);6-9,12-16H,10-11,26H2,1-5H3,(H,27,28,29);3-11H,1-2H3,(H,22,23,24);2-8H,1H3;2-3H,9H2,1H3;4-6H2,1-3H3. The first-order chi connectivity index (χ1) is 64.2. The number of rotatable bonds is 28. The van der Waals surface area contributed by atoms with Gasteiger partial charge in [-0.05, 0) is 85.6 Å². The van der Waals surface area contributed by atoms with Gasteiger partial charge in [0.2, 0.25) is 11.6 Å². The summed E-state index contributed by atoms with van der Waals surface area (Å²) in [4.78, 5) is 76.0. The van der Waals surface area contributed by atoms with Gasteiger partial charge >= 0.3 is 11.4 Å². The highest BCUT2D eigenvalue weighted by Gasteiger charge is 2.26. The van der Waals surface area contributed by atoms with Crippen LogP contribution in [0.4, 0.5) is 83.1 Å². The Labute approximate surface area is 778 Å². The zero-order chi connectivity index (χ0) is 96.7. The molecule has 16 rings (SSSR count). The lowest BCUT2D eigenvalue weighted by Crippen LogP contribution is -2.29. The summed E-state index contributed by atoms with van der Waals surface area (Å²) in [6.45, 7) is 6.61. The van der Waals surface area contributed by atoms with Crippen molar-refractivity contribution in [1.82, 2.24) is 72.8 Å². The van der Waals surface area contributed by atoms with Crippen molar-refractivity contribution in [2.24, 2.45) is 28.2 Å². The molecule has 134 heavy (non-hydrogen) atoms. The molecule has 8 aromatic heterocycles. The maximum Gasteiger partial charge on any atom is 0.307 e. The van der Waals surface area contributed by atoms with E-state index in [1.165, 1.54) is 76.7 Å². The Morgan fingerprint density at radius 1 is 0.381 bits per heavy atom. The number of methoxy groups -OCH3 is 4. The van der Waals surface area contributed by atoms with Crippen molar-refractivity contribution in [3.8, 4) is 68.0 Å². The number of ether oxygens (including phenoxy) is 4. The van der Waals surface area contributed by atoms with Gasteiger partial charge in [0.25, 0.3) is 5.69 Å². The first-order valence-electron chi connectivity index (χ1n) is 42.1. The number of halogens is 3. The number of nitrogens with zero attached hydrogens (tertiary/aromatic N) is 20. The van der Waals surface area contributed by atoms with Gasteiger partial charge in [-0.25, -0.2) is 39.9 Å². The van der Waals surface area contributed by atoms with Crippen LogP contribution in [0, 0.1) is 42.0 Å². The number of fused-ring (bicyclic) bond motifs is 4. The zero-order valence-electron chi connectivity index (χ0n) is 77.5. The Hall–Kier alpha value is -15.7. The first kappa shape index (κ1) is 98.9. The van der Waals surface area contributed by atoms with E-state index in [9.17, 15) is 39.1 Å². The van der Waals surface area contributed by atoms with E-state index in [1.54, 1.807) is 31.6 Å². The summed E-state index contributed by atoms with van der Waals surface area (Å²) >= 11 is 5.89. The van der Waals surface area contributed by atoms with Crippen molar-refractivity contribution in [3.63, 3.8) is 0 Å². The van der Waals surface area contributed by atoms with Gasteiger partial charge in [-0.1, -0.05) is 97.7 Å². The van der Waals surface area contributed by atoms with Gasteiger partial charge in [0.1, 0.15) is 76.6 Å². The number of likely N-dealkylation sites (N-methyl/N-ethyl adjacent to an activating group) is 4. The fraction of sp³-hybridized carbons (Fsp3) is 0.250. The van der Waals surface area contributed by atoms with Crippen molar-refractivity contribution in [3.05, 3.63) is 267 Å². The molecule has 8 aromatic carbocycles. The fourth-order valence-corrected chi connectivity index (χ4v) is 14.6. The summed E-state index contributed by atoms with van der Waals surface area (Å²) in [6, 6.07) is 50.7. The van der Waals surface area contributed by atoms with Crippen LogP contribution in [0.3, 0.4) is 0 Å². The quantitative estimate of drug-likeness (QED) is 0.0132. The number of hydrogen-bond donors (Lipinski definition) is 5. The SMILES string of the molecule is CCCCN(C)C.COc1cc(F)c([N+](=O)[O-])cc1N.COc1cc(F)c([N+](=O)[O-])cc1Nc1cc(-c2cn(C)c3ccccc23)ncn1.COc1cc(N(C)CCN(C)C)c(N)cc1Nc1cc(-c2cn(C)c3ccccc23)ncn1.COc1cc(N(C)CCN(C)C)c([N+](=O)[O-])cc1Nc1cc(-c2cn(C)c3ccccc23)ncn1.Cn1cc(-c2cc(Cl)ncn2)c2ccccc21. The number of aromatic nitrogens is 12. The average molecular weight is 1850 g/mol. The molecule has 0 aliphatic heterocycles. The van der Waals surface area contributed by atoms with Gasteiger partial charge < -0.3 is 89.1 Å². The summed E-state index contributed by atoms with van der Waals surface area (Å²) in [6.07, 6.45) is 16.7. The second kappa shape index (κ2) is 45.7. The second-order valence-electron chi connectivity index (χ2n) is 31.7. The lowest BCUT2D eigenvalue weighted by Gasteiger charge is -2.24.